The van der Waals surface area contributed by atoms with E-state index in [2.05, 4.69) is 10.6 Å². The summed E-state index contributed by atoms with van der Waals surface area (Å²) < 4.78 is 73.8. The number of hydrogen-bond acceptors (Lipinski definition) is 8. The molecule has 1 unspecified atom stereocenters. The number of allylic oxidation sites excluding steroid dienone is 2. The molecule has 8 rings (SSSR count). The van der Waals surface area contributed by atoms with E-state index in [1.807, 2.05) is 72.2 Å². The molecule has 0 bridgehead atoms. The number of para-hydroxylation sites is 1. The first-order valence-corrected chi connectivity index (χ1v) is 24.3. The van der Waals surface area contributed by atoms with Crippen LogP contribution in [-0.2, 0) is 38.1 Å². The smallest absolute Gasteiger partial charge is 0.395 e. The number of alkyl halides is 3. The van der Waals surface area contributed by atoms with Gasteiger partial charge < -0.3 is 19.7 Å². The summed E-state index contributed by atoms with van der Waals surface area (Å²) in [6.07, 6.45) is 2.88. The van der Waals surface area contributed by atoms with Gasteiger partial charge in [0.1, 0.15) is 17.6 Å². The van der Waals surface area contributed by atoms with Crippen LogP contribution in [0.2, 0.25) is 0 Å². The second-order valence-electron chi connectivity index (χ2n) is 21.0. The van der Waals surface area contributed by atoms with E-state index in [0.29, 0.717) is 93.3 Å². The lowest BCUT2D eigenvalue weighted by molar-refractivity contribution is -0.217. The van der Waals surface area contributed by atoms with Gasteiger partial charge in [-0.15, -0.1) is 0 Å². The fourth-order valence-electron chi connectivity index (χ4n) is 11.2. The van der Waals surface area contributed by atoms with Crippen LogP contribution >= 0.6 is 0 Å². The molecule has 4 heterocycles. The second kappa shape index (κ2) is 19.7. The number of piperidine rings is 2. The van der Waals surface area contributed by atoms with Crippen molar-refractivity contribution < 1.29 is 41.4 Å². The fourth-order valence-corrected chi connectivity index (χ4v) is 11.2. The highest BCUT2D eigenvalue weighted by molar-refractivity contribution is 6.00. The lowest BCUT2D eigenvalue weighted by atomic mass is 9.67. The number of aryl methyl sites for hydroxylation is 1. The molecule has 16 heteroatoms. The highest BCUT2D eigenvalue weighted by Crippen LogP contribution is 2.46. The van der Waals surface area contributed by atoms with Crippen molar-refractivity contribution in [3.63, 3.8) is 0 Å². The molecular formula is C53H66F4N6O6. The number of benzene rings is 3. The Morgan fingerprint density at radius 3 is 2.36 bits per heavy atom. The van der Waals surface area contributed by atoms with Crippen LogP contribution in [0.4, 0.5) is 23.2 Å². The molecule has 3 atom stereocenters. The molecule has 3 aliphatic heterocycles. The number of imidazole rings is 1. The minimum absolute atomic E-state index is 0.0381. The number of nitrogens with one attached hydrogen (secondary N) is 2. The number of ether oxygens (including phenoxy) is 2. The molecule has 12 nitrogen and oxygen atoms in total. The van der Waals surface area contributed by atoms with Crippen LogP contribution in [0.1, 0.15) is 115 Å². The first kappa shape index (κ1) is 49.9. The number of fused-ring (bicyclic) bond motifs is 1. The summed E-state index contributed by atoms with van der Waals surface area (Å²) in [5.74, 6) is -0.699. The number of hydrogen-bond donors (Lipinski definition) is 2. The predicted octanol–water partition coefficient (Wildman–Crippen LogP) is 9.06. The number of carbonyl (C=O) groups is 3. The first-order valence-electron chi connectivity index (χ1n) is 24.3. The maximum absolute atomic E-state index is 16.1. The molecule has 69 heavy (non-hydrogen) atoms. The molecule has 0 spiro atoms. The number of likely N-dealkylation sites (tertiary alicyclic amines) is 1. The van der Waals surface area contributed by atoms with E-state index in [0.717, 1.165) is 29.0 Å². The largest absolute Gasteiger partial charge is 0.497 e. The summed E-state index contributed by atoms with van der Waals surface area (Å²) >= 11 is 0. The van der Waals surface area contributed by atoms with Crippen molar-refractivity contribution in [1.82, 2.24) is 24.3 Å². The topological polar surface area (TPSA) is 127 Å². The van der Waals surface area contributed by atoms with Crippen molar-refractivity contribution in [3.05, 3.63) is 99.7 Å². The van der Waals surface area contributed by atoms with Crippen molar-refractivity contribution in [2.24, 2.45) is 18.4 Å². The van der Waals surface area contributed by atoms with Crippen LogP contribution in [0, 0.1) is 17.2 Å². The number of aromatic nitrogens is 2. The number of methoxy groups -OCH3 is 1. The van der Waals surface area contributed by atoms with E-state index in [1.165, 1.54) is 29.0 Å². The molecule has 1 aliphatic carbocycles. The highest BCUT2D eigenvalue weighted by Gasteiger charge is 2.49. The molecule has 3 saturated heterocycles. The monoisotopic (exact) mass is 958 g/mol. The zero-order valence-electron chi connectivity index (χ0n) is 40.6. The SMILES string of the molecule is COc1ccc([C@]2(CCN(Cc3ccc(C4=CC[C@H](C(=O)N5CCC(Nc6cccc7c6n(C)c(=O)n7C6CCC(=O)NC6=O)CC5)CC4)c(F)c3)CC(C)(C)C(F)(F)F)CCOC(C)(C)C2)cc1. The number of halogens is 4. The van der Waals surface area contributed by atoms with E-state index in [-0.39, 0.29) is 60.8 Å². The molecule has 1 aromatic heterocycles. The van der Waals surface area contributed by atoms with Gasteiger partial charge in [-0.25, -0.2) is 9.18 Å². The number of amides is 3. The Morgan fingerprint density at radius 2 is 1.72 bits per heavy atom. The molecule has 3 aromatic carbocycles. The molecule has 372 valence electrons. The van der Waals surface area contributed by atoms with Gasteiger partial charge in [-0.3, -0.25) is 33.7 Å². The second-order valence-corrected chi connectivity index (χ2v) is 21.0. The Morgan fingerprint density at radius 1 is 0.986 bits per heavy atom. The lowest BCUT2D eigenvalue weighted by Gasteiger charge is -2.46. The maximum atomic E-state index is 16.1. The van der Waals surface area contributed by atoms with Crippen molar-refractivity contribution in [2.45, 2.75) is 128 Å². The average molecular weight is 959 g/mol. The summed E-state index contributed by atoms with van der Waals surface area (Å²) in [5.41, 5.74) is 1.86. The minimum Gasteiger partial charge on any atom is -0.497 e. The van der Waals surface area contributed by atoms with Crippen molar-refractivity contribution in [2.75, 3.05) is 45.2 Å². The van der Waals surface area contributed by atoms with Gasteiger partial charge in [-0.05, 0) is 139 Å². The standard InChI is InChI=1S/C53H66F4N6O6/c1-50(2,53(55,56)57)33-61(28-24-52(25-29-69-51(3,4)32-52)37-15-17-39(68-6)18-16-37)31-34-10-19-40(41(54)30-34)35-11-13-36(14-12-35)48(66)62-26-22-38(23-27-62)58-42-8-7-9-43-46(42)60(5)49(67)63(43)44-20-21-45(64)59-47(44)65/h7-11,15-19,30,36,38,44,58H,12-14,20-29,31-33H2,1-6H3,(H,59,64,65)/t36-,44?,52+/m0/s1. The van der Waals surface area contributed by atoms with Crippen LogP contribution in [0.15, 0.2) is 71.5 Å². The van der Waals surface area contributed by atoms with E-state index in [4.69, 9.17) is 9.47 Å². The number of imide groups is 1. The zero-order valence-corrected chi connectivity index (χ0v) is 40.6. The summed E-state index contributed by atoms with van der Waals surface area (Å²) in [6, 6.07) is 17.7. The molecule has 4 aliphatic rings. The van der Waals surface area contributed by atoms with Gasteiger partial charge in [-0.1, -0.05) is 36.4 Å². The van der Waals surface area contributed by atoms with E-state index in [1.54, 1.807) is 26.3 Å². The highest BCUT2D eigenvalue weighted by atomic mass is 19.4. The number of carbonyl (C=O) groups excluding carboxylic acids is 3. The number of anilines is 1. The minimum atomic E-state index is -4.44. The Kier molecular flexibility index (Phi) is 14.3. The number of rotatable bonds is 14. The normalized spacial score (nSPS) is 22.7. The van der Waals surface area contributed by atoms with Gasteiger partial charge >= 0.3 is 11.9 Å². The summed E-state index contributed by atoms with van der Waals surface area (Å²) in [7, 11) is 3.28. The first-order chi connectivity index (χ1) is 32.7. The van der Waals surface area contributed by atoms with Gasteiger partial charge in [0.25, 0.3) is 0 Å². The third kappa shape index (κ3) is 10.7. The third-order valence-electron chi connectivity index (χ3n) is 15.2. The number of nitrogens with zero attached hydrogens (tertiary/aromatic N) is 4. The molecule has 2 N–H and O–H groups in total. The Balaban J connectivity index is 0.895. The lowest BCUT2D eigenvalue weighted by Crippen LogP contribution is -2.47. The van der Waals surface area contributed by atoms with Crippen LogP contribution < -0.4 is 21.1 Å². The van der Waals surface area contributed by atoms with E-state index >= 15 is 4.39 Å². The van der Waals surface area contributed by atoms with Crippen molar-refractivity contribution in [1.29, 1.82) is 0 Å². The van der Waals surface area contributed by atoms with Gasteiger partial charge in [0.2, 0.25) is 17.7 Å². The summed E-state index contributed by atoms with van der Waals surface area (Å²) in [4.78, 5) is 55.5. The van der Waals surface area contributed by atoms with Crippen LogP contribution in [0.25, 0.3) is 16.6 Å². The zero-order chi connectivity index (χ0) is 49.5. The van der Waals surface area contributed by atoms with Gasteiger partial charge in [0.05, 0.1) is 34.8 Å². The third-order valence-corrected chi connectivity index (χ3v) is 15.2. The van der Waals surface area contributed by atoms with Crippen LogP contribution in [0.5, 0.6) is 5.75 Å². The van der Waals surface area contributed by atoms with Gasteiger partial charge in [0.15, 0.2) is 0 Å². The van der Waals surface area contributed by atoms with Gasteiger partial charge in [0, 0.05) is 69.2 Å². The molecular weight excluding hydrogens is 893 g/mol. The maximum Gasteiger partial charge on any atom is 0.395 e. The Hall–Kier alpha value is -5.48. The predicted molar refractivity (Wildman–Crippen MR) is 257 cm³/mol. The summed E-state index contributed by atoms with van der Waals surface area (Å²) in [6.45, 7) is 8.42. The molecule has 3 fully saturated rings. The van der Waals surface area contributed by atoms with E-state index in [9.17, 15) is 32.3 Å². The van der Waals surface area contributed by atoms with E-state index < -0.39 is 35.0 Å². The molecule has 0 saturated carbocycles. The Bertz CT molecular complexity index is 2650. The van der Waals surface area contributed by atoms with Crippen LogP contribution in [0.3, 0.4) is 0 Å². The Labute approximate surface area is 401 Å². The quantitative estimate of drug-likeness (QED) is 0.0948. The molecule has 3 amide bonds. The fraction of sp³-hybridized carbons (Fsp3) is 0.547. The molecule has 4 aromatic rings. The average Bonchev–Trinajstić information content (AvgIpc) is 3.56. The van der Waals surface area contributed by atoms with Crippen LogP contribution in [-0.4, -0.2) is 94.4 Å². The summed E-state index contributed by atoms with van der Waals surface area (Å²) in [5, 5.41) is 5.94. The van der Waals surface area contributed by atoms with Crippen molar-refractivity contribution >= 4 is 40.0 Å². The molecule has 0 radical (unpaired) electrons. The van der Waals surface area contributed by atoms with Gasteiger partial charge in [-0.2, -0.15) is 13.2 Å². The van der Waals surface area contributed by atoms with Crippen molar-refractivity contribution in [3.8, 4) is 5.75 Å².